The van der Waals surface area contributed by atoms with Crippen molar-refractivity contribution in [1.82, 2.24) is 9.29 Å². The number of nitrogens with zero attached hydrogens (tertiary/aromatic N) is 3. The molecule has 0 bridgehead atoms. The highest BCUT2D eigenvalue weighted by Gasteiger charge is 2.26. The molecule has 3 aromatic rings. The third-order valence-electron chi connectivity index (χ3n) is 5.05. The first-order valence-electron chi connectivity index (χ1n) is 9.97. The summed E-state index contributed by atoms with van der Waals surface area (Å²) in [6.45, 7) is 1.87. The molecule has 1 aromatic heterocycles. The first-order chi connectivity index (χ1) is 15.5. The number of oxazole rings is 1. The van der Waals surface area contributed by atoms with Gasteiger partial charge in [-0.3, -0.25) is 0 Å². The average molecular weight is 455 g/mol. The summed E-state index contributed by atoms with van der Waals surface area (Å²) in [5.41, 5.74) is 1.67. The molecule has 1 aliphatic rings. The zero-order chi connectivity index (χ0) is 22.6. The van der Waals surface area contributed by atoms with Crippen LogP contribution in [0.1, 0.15) is 11.3 Å². The quantitative estimate of drug-likeness (QED) is 0.579. The predicted molar refractivity (Wildman–Crippen MR) is 117 cm³/mol. The zero-order valence-corrected chi connectivity index (χ0v) is 18.3. The zero-order valence-electron chi connectivity index (χ0n) is 17.4. The van der Waals surface area contributed by atoms with Gasteiger partial charge in [-0.15, -0.1) is 0 Å². The van der Waals surface area contributed by atoms with Crippen molar-refractivity contribution in [3.05, 3.63) is 59.8 Å². The van der Waals surface area contributed by atoms with E-state index in [9.17, 15) is 13.7 Å². The van der Waals surface area contributed by atoms with E-state index in [2.05, 4.69) is 10.3 Å². The van der Waals surface area contributed by atoms with Crippen molar-refractivity contribution in [3.8, 4) is 23.3 Å². The number of rotatable bonds is 7. The van der Waals surface area contributed by atoms with Gasteiger partial charge in [0.15, 0.2) is 0 Å². The van der Waals surface area contributed by atoms with Gasteiger partial charge in [-0.05, 0) is 42.0 Å². The molecule has 1 fully saturated rings. The molecule has 0 unspecified atom stereocenters. The minimum Gasteiger partial charge on any atom is -0.497 e. The van der Waals surface area contributed by atoms with E-state index in [1.165, 1.54) is 16.4 Å². The van der Waals surface area contributed by atoms with Crippen molar-refractivity contribution >= 4 is 15.9 Å². The summed E-state index contributed by atoms with van der Waals surface area (Å²) in [5, 5.41) is 12.5. The molecule has 0 spiro atoms. The molecule has 1 aliphatic heterocycles. The Kier molecular flexibility index (Phi) is 6.41. The fourth-order valence-electron chi connectivity index (χ4n) is 3.27. The number of anilines is 1. The van der Waals surface area contributed by atoms with Crippen molar-refractivity contribution in [2.24, 2.45) is 0 Å². The Hall–Kier alpha value is -3.39. The highest BCUT2D eigenvalue weighted by Crippen LogP contribution is 2.27. The van der Waals surface area contributed by atoms with Crippen molar-refractivity contribution in [2.75, 3.05) is 38.7 Å². The second kappa shape index (κ2) is 9.40. The molecule has 10 heteroatoms. The number of nitrogens with one attached hydrogen (secondary N) is 1. The van der Waals surface area contributed by atoms with Gasteiger partial charge in [0.1, 0.15) is 11.8 Å². The molecule has 1 N–H and O–H groups in total. The molecule has 2 aromatic carbocycles. The van der Waals surface area contributed by atoms with Gasteiger partial charge in [0.25, 0.3) is 0 Å². The summed E-state index contributed by atoms with van der Waals surface area (Å²) in [4.78, 5) is 4.42. The fourth-order valence-corrected chi connectivity index (χ4v) is 4.68. The average Bonchev–Trinajstić information content (AvgIpc) is 3.27. The molecular formula is C22H22N4O5S. The van der Waals surface area contributed by atoms with Crippen LogP contribution in [0.3, 0.4) is 0 Å². The topological polar surface area (TPSA) is 118 Å². The van der Waals surface area contributed by atoms with Gasteiger partial charge in [-0.1, -0.05) is 12.1 Å². The number of ether oxygens (including phenoxy) is 2. The maximum absolute atomic E-state index is 12.8. The fraction of sp³-hybridized carbons (Fsp3) is 0.273. The van der Waals surface area contributed by atoms with Gasteiger partial charge in [0.05, 0.1) is 25.2 Å². The molecular weight excluding hydrogens is 432 g/mol. The Morgan fingerprint density at radius 1 is 1.12 bits per heavy atom. The smallest absolute Gasteiger partial charge is 0.243 e. The number of hydrogen-bond donors (Lipinski definition) is 1. The van der Waals surface area contributed by atoms with E-state index in [1.54, 1.807) is 19.2 Å². The van der Waals surface area contributed by atoms with Gasteiger partial charge < -0.3 is 19.2 Å². The molecule has 9 nitrogen and oxygen atoms in total. The first kappa shape index (κ1) is 21.8. The number of morpholine rings is 1. The van der Waals surface area contributed by atoms with Crippen LogP contribution < -0.4 is 10.1 Å². The summed E-state index contributed by atoms with van der Waals surface area (Å²) in [6, 6.07) is 15.8. The van der Waals surface area contributed by atoms with Crippen LogP contribution in [0.15, 0.2) is 57.8 Å². The molecule has 0 amide bonds. The highest BCUT2D eigenvalue weighted by atomic mass is 32.2. The van der Waals surface area contributed by atoms with Gasteiger partial charge in [-0.25, -0.2) is 8.42 Å². The summed E-state index contributed by atoms with van der Waals surface area (Å²) in [5.74, 6) is 1.24. The van der Waals surface area contributed by atoms with Crippen molar-refractivity contribution in [1.29, 1.82) is 5.26 Å². The number of aromatic nitrogens is 1. The monoisotopic (exact) mass is 454 g/mol. The Labute approximate surface area is 186 Å². The minimum absolute atomic E-state index is 0.124. The van der Waals surface area contributed by atoms with Crippen LogP contribution in [-0.2, 0) is 21.3 Å². The minimum atomic E-state index is -3.58. The van der Waals surface area contributed by atoms with Crippen LogP contribution >= 0.6 is 0 Å². The lowest BCUT2D eigenvalue weighted by atomic mass is 10.2. The van der Waals surface area contributed by atoms with Crippen LogP contribution in [0.4, 0.5) is 5.88 Å². The largest absolute Gasteiger partial charge is 0.497 e. The lowest BCUT2D eigenvalue weighted by molar-refractivity contribution is 0.0730. The molecule has 2 heterocycles. The van der Waals surface area contributed by atoms with Crippen LogP contribution in [-0.4, -0.2) is 51.1 Å². The lowest BCUT2D eigenvalue weighted by Crippen LogP contribution is -2.40. The Morgan fingerprint density at radius 2 is 1.81 bits per heavy atom. The maximum Gasteiger partial charge on any atom is 0.243 e. The van der Waals surface area contributed by atoms with Crippen molar-refractivity contribution < 1.29 is 22.3 Å². The van der Waals surface area contributed by atoms with Crippen LogP contribution in [0.5, 0.6) is 5.75 Å². The number of sulfonamides is 1. The van der Waals surface area contributed by atoms with E-state index in [1.807, 2.05) is 30.3 Å². The summed E-state index contributed by atoms with van der Waals surface area (Å²) in [7, 11) is -1.98. The van der Waals surface area contributed by atoms with Gasteiger partial charge in [0, 0.05) is 25.2 Å². The normalized spacial score (nSPS) is 14.6. The van der Waals surface area contributed by atoms with E-state index < -0.39 is 10.0 Å². The van der Waals surface area contributed by atoms with E-state index in [4.69, 9.17) is 13.9 Å². The Morgan fingerprint density at radius 3 is 2.44 bits per heavy atom. The van der Waals surface area contributed by atoms with E-state index in [0.29, 0.717) is 38.4 Å². The van der Waals surface area contributed by atoms with Crippen LogP contribution in [0.2, 0.25) is 0 Å². The highest BCUT2D eigenvalue weighted by molar-refractivity contribution is 7.89. The van der Waals surface area contributed by atoms with Crippen molar-refractivity contribution in [3.63, 3.8) is 0 Å². The third kappa shape index (κ3) is 4.60. The van der Waals surface area contributed by atoms with Crippen molar-refractivity contribution in [2.45, 2.75) is 11.4 Å². The third-order valence-corrected chi connectivity index (χ3v) is 6.97. The van der Waals surface area contributed by atoms with Crippen LogP contribution in [0, 0.1) is 11.3 Å². The molecule has 1 saturated heterocycles. The molecule has 4 rings (SSSR count). The number of nitriles is 1. The van der Waals surface area contributed by atoms with E-state index in [-0.39, 0.29) is 22.4 Å². The van der Waals surface area contributed by atoms with Gasteiger partial charge >= 0.3 is 0 Å². The summed E-state index contributed by atoms with van der Waals surface area (Å²) >= 11 is 0. The standard InChI is InChI=1S/C22H22N4O5S/c1-29-18-6-2-16(3-7-18)15-24-22-20(14-23)25-21(31-22)17-4-8-19(9-5-17)32(27,28)26-10-12-30-13-11-26/h2-9,24H,10-13,15H2,1H3. The van der Waals surface area contributed by atoms with E-state index >= 15 is 0 Å². The SMILES string of the molecule is COc1ccc(CNc2oc(-c3ccc(S(=O)(=O)N4CCOCC4)cc3)nc2C#N)cc1. The summed E-state index contributed by atoms with van der Waals surface area (Å²) < 4.78 is 43.1. The Balaban J connectivity index is 1.50. The first-order valence-corrected chi connectivity index (χ1v) is 11.4. The molecule has 0 aliphatic carbocycles. The number of benzene rings is 2. The van der Waals surface area contributed by atoms with Gasteiger partial charge in [-0.2, -0.15) is 14.6 Å². The molecule has 0 saturated carbocycles. The number of methoxy groups -OCH3 is 1. The maximum atomic E-state index is 12.8. The molecule has 166 valence electrons. The van der Waals surface area contributed by atoms with Crippen LogP contribution in [0.25, 0.3) is 11.5 Å². The second-order valence-corrected chi connectivity index (χ2v) is 8.99. The summed E-state index contributed by atoms with van der Waals surface area (Å²) in [6.07, 6.45) is 0. The Bertz CT molecular complexity index is 1210. The molecule has 32 heavy (non-hydrogen) atoms. The molecule has 0 atom stereocenters. The predicted octanol–water partition coefficient (Wildman–Crippen LogP) is 2.85. The lowest BCUT2D eigenvalue weighted by Gasteiger charge is -2.26. The number of hydrogen-bond acceptors (Lipinski definition) is 8. The molecule has 0 radical (unpaired) electrons. The van der Waals surface area contributed by atoms with Gasteiger partial charge in [0.2, 0.25) is 27.5 Å². The second-order valence-electron chi connectivity index (χ2n) is 7.05. The van der Waals surface area contributed by atoms with E-state index in [0.717, 1.165) is 11.3 Å².